The van der Waals surface area contributed by atoms with Crippen molar-refractivity contribution in [1.82, 2.24) is 20.1 Å². The molecule has 0 bridgehead atoms. The Bertz CT molecular complexity index is 298. The van der Waals surface area contributed by atoms with Crippen molar-refractivity contribution in [3.8, 4) is 0 Å². The molecular formula is C12H24N4O. The summed E-state index contributed by atoms with van der Waals surface area (Å²) in [7, 11) is 1.72. The summed E-state index contributed by atoms with van der Waals surface area (Å²) in [6, 6.07) is 0.396. The van der Waals surface area contributed by atoms with Crippen molar-refractivity contribution in [3.63, 3.8) is 0 Å². The lowest BCUT2D eigenvalue weighted by Crippen LogP contribution is -2.20. The lowest BCUT2D eigenvalue weighted by atomic mass is 10.2. The molecule has 0 radical (unpaired) electrons. The first-order chi connectivity index (χ1) is 8.25. The van der Waals surface area contributed by atoms with Crippen LogP contribution in [0.2, 0.25) is 0 Å². The van der Waals surface area contributed by atoms with E-state index in [1.165, 1.54) is 0 Å². The average Bonchev–Trinajstić information content (AvgIpc) is 2.76. The summed E-state index contributed by atoms with van der Waals surface area (Å²) in [4.78, 5) is 4.30. The van der Waals surface area contributed by atoms with Crippen molar-refractivity contribution in [3.05, 3.63) is 12.2 Å². The fourth-order valence-electron chi connectivity index (χ4n) is 1.72. The second-order valence-corrected chi connectivity index (χ2v) is 4.41. The third-order valence-electron chi connectivity index (χ3n) is 2.62. The highest BCUT2D eigenvalue weighted by Gasteiger charge is 2.06. The van der Waals surface area contributed by atoms with Crippen LogP contribution >= 0.6 is 0 Å². The van der Waals surface area contributed by atoms with Gasteiger partial charge >= 0.3 is 0 Å². The number of unbranched alkanes of at least 4 members (excludes halogenated alkanes) is 1. The normalized spacial score (nSPS) is 11.3. The van der Waals surface area contributed by atoms with Gasteiger partial charge in [-0.25, -0.2) is 9.67 Å². The number of ether oxygens (including phenoxy) is 1. The molecule has 0 amide bonds. The zero-order chi connectivity index (χ0) is 12.5. The molecule has 98 valence electrons. The minimum atomic E-state index is 0.396. The summed E-state index contributed by atoms with van der Waals surface area (Å²) in [5.41, 5.74) is 0. The monoisotopic (exact) mass is 240 g/mol. The summed E-state index contributed by atoms with van der Waals surface area (Å²) >= 11 is 0. The quantitative estimate of drug-likeness (QED) is 0.663. The molecule has 0 aromatic carbocycles. The largest absolute Gasteiger partial charge is 0.383 e. The van der Waals surface area contributed by atoms with Crippen LogP contribution in [0.25, 0.3) is 0 Å². The standard InChI is InChI=1S/C12H24N4O/c1-11(2)16-12(14-10-15-16)6-4-5-7-13-8-9-17-3/h10-11,13H,4-9H2,1-3H3. The van der Waals surface area contributed by atoms with Crippen molar-refractivity contribution in [2.45, 2.75) is 39.2 Å². The fourth-order valence-corrected chi connectivity index (χ4v) is 1.72. The van der Waals surface area contributed by atoms with Gasteiger partial charge in [0.25, 0.3) is 0 Å². The highest BCUT2D eigenvalue weighted by molar-refractivity contribution is 4.86. The van der Waals surface area contributed by atoms with Crippen LogP contribution in [0.15, 0.2) is 6.33 Å². The van der Waals surface area contributed by atoms with E-state index < -0.39 is 0 Å². The van der Waals surface area contributed by atoms with Gasteiger partial charge in [0.1, 0.15) is 12.2 Å². The summed E-state index contributed by atoms with van der Waals surface area (Å²) in [6.45, 7) is 7.01. The number of methoxy groups -OCH3 is 1. The summed E-state index contributed by atoms with van der Waals surface area (Å²) in [6.07, 6.45) is 4.95. The molecule has 1 rings (SSSR count). The number of hydrogen-bond donors (Lipinski definition) is 1. The third kappa shape index (κ3) is 5.28. The smallest absolute Gasteiger partial charge is 0.138 e. The molecule has 0 spiro atoms. The van der Waals surface area contributed by atoms with Crippen molar-refractivity contribution in [1.29, 1.82) is 0 Å². The highest BCUT2D eigenvalue weighted by Crippen LogP contribution is 2.07. The maximum Gasteiger partial charge on any atom is 0.138 e. The Labute approximate surface area is 104 Å². The second kappa shape index (κ2) is 8.20. The SMILES string of the molecule is COCCNCCCCc1ncnn1C(C)C. The number of rotatable bonds is 9. The van der Waals surface area contributed by atoms with E-state index in [0.29, 0.717) is 6.04 Å². The van der Waals surface area contributed by atoms with Crippen LogP contribution in [-0.4, -0.2) is 41.6 Å². The first-order valence-corrected chi connectivity index (χ1v) is 6.33. The molecule has 0 fully saturated rings. The van der Waals surface area contributed by atoms with Gasteiger partial charge in [0, 0.05) is 26.1 Å². The number of hydrogen-bond acceptors (Lipinski definition) is 4. The molecule has 0 aliphatic carbocycles. The Morgan fingerprint density at radius 3 is 2.88 bits per heavy atom. The fraction of sp³-hybridized carbons (Fsp3) is 0.833. The maximum absolute atomic E-state index is 4.97. The molecule has 5 heteroatoms. The first-order valence-electron chi connectivity index (χ1n) is 6.33. The molecule has 0 saturated carbocycles. The van der Waals surface area contributed by atoms with Crippen molar-refractivity contribution in [2.24, 2.45) is 0 Å². The van der Waals surface area contributed by atoms with Crippen molar-refractivity contribution in [2.75, 3.05) is 26.8 Å². The van der Waals surface area contributed by atoms with Crippen LogP contribution in [0.3, 0.4) is 0 Å². The molecule has 17 heavy (non-hydrogen) atoms. The molecule has 0 aliphatic heterocycles. The van der Waals surface area contributed by atoms with E-state index in [4.69, 9.17) is 4.74 Å². The van der Waals surface area contributed by atoms with Gasteiger partial charge in [-0.2, -0.15) is 5.10 Å². The molecule has 0 atom stereocenters. The van der Waals surface area contributed by atoms with Gasteiger partial charge in [-0.15, -0.1) is 0 Å². The van der Waals surface area contributed by atoms with Gasteiger partial charge in [-0.1, -0.05) is 0 Å². The maximum atomic E-state index is 4.97. The minimum absolute atomic E-state index is 0.396. The predicted molar refractivity (Wildman–Crippen MR) is 68.1 cm³/mol. The molecule has 0 unspecified atom stereocenters. The van der Waals surface area contributed by atoms with E-state index in [1.807, 2.05) is 4.68 Å². The Balaban J connectivity index is 2.11. The molecule has 5 nitrogen and oxygen atoms in total. The molecule has 0 saturated heterocycles. The van der Waals surface area contributed by atoms with Gasteiger partial charge in [-0.3, -0.25) is 0 Å². The third-order valence-corrected chi connectivity index (χ3v) is 2.62. The lowest BCUT2D eigenvalue weighted by molar-refractivity contribution is 0.199. The molecule has 1 heterocycles. The van der Waals surface area contributed by atoms with Gasteiger partial charge in [-0.05, 0) is 33.2 Å². The molecular weight excluding hydrogens is 216 g/mol. The highest BCUT2D eigenvalue weighted by atomic mass is 16.5. The Morgan fingerprint density at radius 2 is 2.18 bits per heavy atom. The van der Waals surface area contributed by atoms with E-state index in [-0.39, 0.29) is 0 Å². The van der Waals surface area contributed by atoms with Crippen LogP contribution in [0.1, 0.15) is 38.6 Å². The van der Waals surface area contributed by atoms with Gasteiger partial charge < -0.3 is 10.1 Å². The Kier molecular flexibility index (Phi) is 6.81. The zero-order valence-corrected chi connectivity index (χ0v) is 11.1. The van der Waals surface area contributed by atoms with Crippen LogP contribution in [0.5, 0.6) is 0 Å². The predicted octanol–water partition coefficient (Wildman–Crippen LogP) is 1.42. The van der Waals surface area contributed by atoms with Crippen LogP contribution in [0, 0.1) is 0 Å². The van der Waals surface area contributed by atoms with Crippen molar-refractivity contribution >= 4 is 0 Å². The van der Waals surface area contributed by atoms with Crippen LogP contribution in [0.4, 0.5) is 0 Å². The minimum Gasteiger partial charge on any atom is -0.383 e. The molecule has 1 aromatic rings. The molecule has 0 aliphatic rings. The van der Waals surface area contributed by atoms with Crippen LogP contribution in [-0.2, 0) is 11.2 Å². The number of nitrogens with one attached hydrogen (secondary N) is 1. The van der Waals surface area contributed by atoms with E-state index in [2.05, 4.69) is 29.2 Å². The van der Waals surface area contributed by atoms with Gasteiger partial charge in [0.2, 0.25) is 0 Å². The van der Waals surface area contributed by atoms with Crippen LogP contribution < -0.4 is 5.32 Å². The number of aryl methyl sites for hydroxylation is 1. The Hall–Kier alpha value is -0.940. The average molecular weight is 240 g/mol. The van der Waals surface area contributed by atoms with Gasteiger partial charge in [0.05, 0.1) is 6.61 Å². The second-order valence-electron chi connectivity index (χ2n) is 4.41. The first kappa shape index (κ1) is 14.1. The summed E-state index contributed by atoms with van der Waals surface area (Å²) < 4.78 is 6.96. The van der Waals surface area contributed by atoms with E-state index in [0.717, 1.165) is 44.8 Å². The number of aromatic nitrogens is 3. The summed E-state index contributed by atoms with van der Waals surface area (Å²) in [5, 5.41) is 7.56. The lowest BCUT2D eigenvalue weighted by Gasteiger charge is -2.09. The number of nitrogens with zero attached hydrogens (tertiary/aromatic N) is 3. The zero-order valence-electron chi connectivity index (χ0n) is 11.1. The van der Waals surface area contributed by atoms with E-state index in [1.54, 1.807) is 13.4 Å². The molecule has 1 aromatic heterocycles. The van der Waals surface area contributed by atoms with Crippen molar-refractivity contribution < 1.29 is 4.74 Å². The van der Waals surface area contributed by atoms with E-state index >= 15 is 0 Å². The topological polar surface area (TPSA) is 52.0 Å². The Morgan fingerprint density at radius 1 is 1.35 bits per heavy atom. The summed E-state index contributed by atoms with van der Waals surface area (Å²) in [5.74, 6) is 1.09. The van der Waals surface area contributed by atoms with Gasteiger partial charge in [0.15, 0.2) is 0 Å². The van der Waals surface area contributed by atoms with E-state index in [9.17, 15) is 0 Å². The molecule has 1 N–H and O–H groups in total.